The Labute approximate surface area is 152 Å². The fourth-order valence-electron chi connectivity index (χ4n) is 2.45. The van der Waals surface area contributed by atoms with E-state index in [1.54, 1.807) is 7.05 Å². The molecule has 0 unspecified atom stereocenters. The van der Waals surface area contributed by atoms with Gasteiger partial charge in [0.2, 0.25) is 5.13 Å². The highest BCUT2D eigenvalue weighted by atomic mass is 32.2. The number of aromatic nitrogens is 2. The molecule has 126 valence electrons. The van der Waals surface area contributed by atoms with Gasteiger partial charge in [0.05, 0.1) is 4.91 Å². The summed E-state index contributed by atoms with van der Waals surface area (Å²) in [6, 6.07) is 7.84. The molecule has 0 radical (unpaired) electrons. The van der Waals surface area contributed by atoms with E-state index in [1.165, 1.54) is 28.0 Å². The Balaban J connectivity index is 1.61. The van der Waals surface area contributed by atoms with Crippen LogP contribution >= 0.6 is 23.1 Å². The van der Waals surface area contributed by atoms with Gasteiger partial charge in [-0.25, -0.2) is 0 Å². The van der Waals surface area contributed by atoms with Crippen molar-refractivity contribution in [2.45, 2.75) is 6.92 Å². The monoisotopic (exact) mass is 370 g/mol. The van der Waals surface area contributed by atoms with E-state index in [4.69, 9.17) is 4.74 Å². The maximum Gasteiger partial charge on any atom is 0.266 e. The Kier molecular flexibility index (Phi) is 4.14. The number of ether oxygens (including phenoxy) is 1. The van der Waals surface area contributed by atoms with Crippen molar-refractivity contribution in [3.8, 4) is 5.75 Å². The molecule has 1 fully saturated rings. The molecule has 0 bridgehead atoms. The zero-order valence-electron chi connectivity index (χ0n) is 13.6. The third kappa shape index (κ3) is 3.22. The van der Waals surface area contributed by atoms with E-state index in [1.807, 2.05) is 43.3 Å². The number of likely N-dealkylation sites (N-methyl/N-ethyl adjacent to an activating group) is 1. The minimum Gasteiger partial charge on any atom is -0.488 e. The summed E-state index contributed by atoms with van der Waals surface area (Å²) in [5.74, 6) is 0.783. The number of thioether (sulfide) groups is 1. The Morgan fingerprint density at radius 2 is 2.16 bits per heavy atom. The van der Waals surface area contributed by atoms with Crippen molar-refractivity contribution in [1.82, 2.24) is 15.1 Å². The number of carbonyl (C=O) groups is 1. The van der Waals surface area contributed by atoms with Crippen molar-refractivity contribution in [1.29, 1.82) is 0 Å². The molecular formula is C17H14N4O2S2. The van der Waals surface area contributed by atoms with Crippen molar-refractivity contribution < 1.29 is 9.53 Å². The van der Waals surface area contributed by atoms with E-state index in [9.17, 15) is 4.79 Å². The van der Waals surface area contributed by atoms with E-state index in [2.05, 4.69) is 15.2 Å². The Morgan fingerprint density at radius 3 is 2.96 bits per heavy atom. The van der Waals surface area contributed by atoms with Crippen LogP contribution in [0.15, 0.2) is 45.8 Å². The van der Waals surface area contributed by atoms with Gasteiger partial charge in [-0.2, -0.15) is 4.99 Å². The van der Waals surface area contributed by atoms with E-state index in [-0.39, 0.29) is 5.91 Å². The zero-order chi connectivity index (χ0) is 17.4. The molecule has 1 amide bonds. The second-order valence-corrected chi connectivity index (χ2v) is 7.69. The number of fused-ring (bicyclic) bond motifs is 1. The molecule has 1 aromatic heterocycles. The SMILES string of the molecule is Cc1nnc(N=C2S/C(=C\C3=Cc4ccccc4OC3)C(=O)N2C)s1. The van der Waals surface area contributed by atoms with Gasteiger partial charge in [-0.15, -0.1) is 10.2 Å². The van der Waals surface area contributed by atoms with Gasteiger partial charge in [0, 0.05) is 12.6 Å². The summed E-state index contributed by atoms with van der Waals surface area (Å²) in [5.41, 5.74) is 1.97. The third-order valence-corrected chi connectivity index (χ3v) is 5.47. The first-order valence-corrected chi connectivity index (χ1v) is 9.22. The maximum absolute atomic E-state index is 12.5. The van der Waals surface area contributed by atoms with Crippen molar-refractivity contribution in [2.24, 2.45) is 4.99 Å². The summed E-state index contributed by atoms with van der Waals surface area (Å²) < 4.78 is 5.74. The molecule has 2 aliphatic rings. The topological polar surface area (TPSA) is 67.7 Å². The Hall–Kier alpha value is -2.45. The highest BCUT2D eigenvalue weighted by Gasteiger charge is 2.31. The van der Waals surface area contributed by atoms with Crippen molar-refractivity contribution in [2.75, 3.05) is 13.7 Å². The molecule has 2 aliphatic heterocycles. The summed E-state index contributed by atoms with van der Waals surface area (Å²) in [4.78, 5) is 19.1. The van der Waals surface area contributed by atoms with Crippen LogP contribution in [-0.4, -0.2) is 39.8 Å². The van der Waals surface area contributed by atoms with E-state index >= 15 is 0 Å². The predicted molar refractivity (Wildman–Crippen MR) is 100 cm³/mol. The summed E-state index contributed by atoms with van der Waals surface area (Å²) in [5, 5.41) is 9.92. The molecule has 1 saturated heterocycles. The van der Waals surface area contributed by atoms with Crippen LogP contribution in [-0.2, 0) is 4.79 Å². The number of benzene rings is 1. The number of carbonyl (C=O) groups excluding carboxylic acids is 1. The van der Waals surface area contributed by atoms with Gasteiger partial charge in [-0.3, -0.25) is 9.69 Å². The summed E-state index contributed by atoms with van der Waals surface area (Å²) in [6.07, 6.45) is 3.91. The molecule has 0 N–H and O–H groups in total. The van der Waals surface area contributed by atoms with Gasteiger partial charge in [0.25, 0.3) is 5.91 Å². The van der Waals surface area contributed by atoms with Crippen LogP contribution in [0.4, 0.5) is 5.13 Å². The zero-order valence-corrected chi connectivity index (χ0v) is 15.2. The van der Waals surface area contributed by atoms with Crippen LogP contribution in [0.5, 0.6) is 5.75 Å². The molecule has 8 heteroatoms. The van der Waals surface area contributed by atoms with E-state index in [0.29, 0.717) is 21.8 Å². The van der Waals surface area contributed by atoms with Crippen LogP contribution in [0.2, 0.25) is 0 Å². The predicted octanol–water partition coefficient (Wildman–Crippen LogP) is 3.40. The molecular weight excluding hydrogens is 356 g/mol. The molecule has 6 nitrogen and oxygen atoms in total. The Bertz CT molecular complexity index is 946. The highest BCUT2D eigenvalue weighted by Crippen LogP contribution is 2.34. The molecule has 2 aromatic rings. The van der Waals surface area contributed by atoms with E-state index in [0.717, 1.165) is 21.9 Å². The van der Waals surface area contributed by atoms with Gasteiger partial charge in [0.1, 0.15) is 17.4 Å². The second-order valence-electron chi connectivity index (χ2n) is 5.52. The number of aliphatic imine (C=N–C) groups is 1. The maximum atomic E-state index is 12.5. The molecule has 0 aliphatic carbocycles. The van der Waals surface area contributed by atoms with Gasteiger partial charge in [0.15, 0.2) is 5.17 Å². The molecule has 0 spiro atoms. The second kappa shape index (κ2) is 6.45. The van der Waals surface area contributed by atoms with Crippen LogP contribution in [0.3, 0.4) is 0 Å². The summed E-state index contributed by atoms with van der Waals surface area (Å²) in [7, 11) is 1.71. The van der Waals surface area contributed by atoms with Crippen LogP contribution < -0.4 is 4.74 Å². The van der Waals surface area contributed by atoms with Crippen molar-refractivity contribution >= 4 is 45.4 Å². The van der Waals surface area contributed by atoms with Gasteiger partial charge >= 0.3 is 0 Å². The number of rotatable bonds is 2. The van der Waals surface area contributed by atoms with Crippen molar-refractivity contribution in [3.63, 3.8) is 0 Å². The number of hydrogen-bond donors (Lipinski definition) is 0. The highest BCUT2D eigenvalue weighted by molar-refractivity contribution is 8.18. The lowest BCUT2D eigenvalue weighted by Crippen LogP contribution is -2.23. The summed E-state index contributed by atoms with van der Waals surface area (Å²) >= 11 is 2.73. The number of nitrogens with zero attached hydrogens (tertiary/aromatic N) is 4. The fourth-order valence-corrected chi connectivity index (χ4v) is 4.05. The number of hydrogen-bond acceptors (Lipinski definition) is 7. The quantitative estimate of drug-likeness (QED) is 0.758. The van der Waals surface area contributed by atoms with Crippen LogP contribution in [0.25, 0.3) is 6.08 Å². The molecule has 1 aromatic carbocycles. The first-order valence-electron chi connectivity index (χ1n) is 7.59. The first kappa shape index (κ1) is 16.0. The lowest BCUT2D eigenvalue weighted by Gasteiger charge is -2.15. The minimum absolute atomic E-state index is 0.0789. The molecule has 3 heterocycles. The average Bonchev–Trinajstić information content (AvgIpc) is 3.14. The standard InChI is InChI=1S/C17H14N4O2S2/c1-10-19-20-16(24-10)18-17-21(2)15(22)14(25-17)8-11-7-12-5-3-4-6-13(12)23-9-11/h3-8H,9H2,1-2H3/b14-8-,18-17?. The van der Waals surface area contributed by atoms with Crippen molar-refractivity contribution in [3.05, 3.63) is 51.4 Å². The number of amidine groups is 1. The molecule has 25 heavy (non-hydrogen) atoms. The lowest BCUT2D eigenvalue weighted by molar-refractivity contribution is -0.121. The van der Waals surface area contributed by atoms with Gasteiger partial charge in [-0.1, -0.05) is 29.5 Å². The lowest BCUT2D eigenvalue weighted by atomic mass is 10.1. The molecule has 4 rings (SSSR count). The molecule has 0 saturated carbocycles. The van der Waals surface area contributed by atoms with E-state index < -0.39 is 0 Å². The van der Waals surface area contributed by atoms with Gasteiger partial charge < -0.3 is 4.74 Å². The number of aryl methyl sites for hydroxylation is 1. The minimum atomic E-state index is -0.0789. The smallest absolute Gasteiger partial charge is 0.266 e. The average molecular weight is 370 g/mol. The third-order valence-electron chi connectivity index (χ3n) is 3.68. The Morgan fingerprint density at radius 1 is 1.32 bits per heavy atom. The summed E-state index contributed by atoms with van der Waals surface area (Å²) in [6.45, 7) is 2.32. The van der Waals surface area contributed by atoms with Crippen LogP contribution in [0.1, 0.15) is 10.6 Å². The normalized spacial score (nSPS) is 20.0. The number of para-hydroxylation sites is 1. The fraction of sp³-hybridized carbons (Fsp3) is 0.176. The largest absolute Gasteiger partial charge is 0.488 e. The molecule has 0 atom stereocenters. The number of amides is 1. The van der Waals surface area contributed by atoms with Crippen LogP contribution in [0, 0.1) is 6.92 Å². The first-order chi connectivity index (χ1) is 12.1. The van der Waals surface area contributed by atoms with Gasteiger partial charge in [-0.05, 0) is 42.5 Å².